The van der Waals surface area contributed by atoms with E-state index in [1.165, 1.54) is 37.3 Å². The molecule has 0 spiro atoms. The zero-order chi connectivity index (χ0) is 22.6. The van der Waals surface area contributed by atoms with Crippen molar-refractivity contribution in [2.24, 2.45) is 5.92 Å². The molecule has 0 bridgehead atoms. The van der Waals surface area contributed by atoms with E-state index in [1.807, 2.05) is 24.3 Å². The Kier molecular flexibility index (Phi) is 6.47. The lowest BCUT2D eigenvalue weighted by atomic mass is 9.91. The average molecular weight is 444 g/mol. The lowest BCUT2D eigenvalue weighted by Crippen LogP contribution is -2.19. The molecule has 0 unspecified atom stereocenters. The fourth-order valence-corrected chi connectivity index (χ4v) is 5.17. The third-order valence-corrected chi connectivity index (χ3v) is 6.92. The highest BCUT2D eigenvalue weighted by atomic mass is 19.1. The van der Waals surface area contributed by atoms with Crippen molar-refractivity contribution in [2.75, 3.05) is 5.32 Å². The summed E-state index contributed by atoms with van der Waals surface area (Å²) in [4.78, 5) is 22.7. The molecule has 3 aromatic rings. The number of aromatic nitrogens is 2. The number of rotatable bonds is 7. The van der Waals surface area contributed by atoms with E-state index in [-0.39, 0.29) is 11.7 Å². The van der Waals surface area contributed by atoms with Gasteiger partial charge in [0.15, 0.2) is 5.82 Å². The van der Waals surface area contributed by atoms with E-state index < -0.39 is 0 Å². The number of anilines is 1. The maximum Gasteiger partial charge on any atom is 0.225 e. The molecule has 1 N–H and O–H groups in total. The summed E-state index contributed by atoms with van der Waals surface area (Å²) >= 11 is 0. The number of fused-ring (bicyclic) bond motifs is 3. The number of halogens is 1. The van der Waals surface area contributed by atoms with Gasteiger partial charge in [-0.1, -0.05) is 56.0 Å². The van der Waals surface area contributed by atoms with E-state index >= 15 is 0 Å². The molecular weight excluding hydrogens is 413 g/mol. The molecule has 0 radical (unpaired) electrons. The van der Waals surface area contributed by atoms with E-state index in [2.05, 4.69) is 17.4 Å². The number of aryl methyl sites for hydroxylation is 3. The summed E-state index contributed by atoms with van der Waals surface area (Å²) in [6, 6.07) is 15.2. The van der Waals surface area contributed by atoms with Crippen molar-refractivity contribution < 1.29 is 9.18 Å². The van der Waals surface area contributed by atoms with Gasteiger partial charge in [-0.3, -0.25) is 4.79 Å². The van der Waals surface area contributed by atoms with E-state index in [4.69, 9.17) is 9.97 Å². The van der Waals surface area contributed by atoms with Crippen molar-refractivity contribution in [1.82, 2.24) is 9.97 Å². The second-order valence-corrected chi connectivity index (χ2v) is 9.36. The molecule has 4 nitrogen and oxygen atoms in total. The molecule has 0 aliphatic heterocycles. The van der Waals surface area contributed by atoms with Gasteiger partial charge in [0.2, 0.25) is 5.91 Å². The molecular formula is C28H30FN3O. The third kappa shape index (κ3) is 5.13. The first-order valence-electron chi connectivity index (χ1n) is 12.2. The molecule has 5 rings (SSSR count). The van der Waals surface area contributed by atoms with Crippen molar-refractivity contribution >= 4 is 11.7 Å². The van der Waals surface area contributed by atoms with Crippen LogP contribution in [0.4, 0.5) is 10.2 Å². The van der Waals surface area contributed by atoms with E-state index in [0.717, 1.165) is 53.9 Å². The molecule has 1 aromatic heterocycles. The van der Waals surface area contributed by atoms with Crippen LogP contribution in [0, 0.1) is 11.7 Å². The van der Waals surface area contributed by atoms with Crippen LogP contribution in [0.25, 0.3) is 11.3 Å². The summed E-state index contributed by atoms with van der Waals surface area (Å²) in [6.45, 7) is 0. The Balaban J connectivity index is 1.36. The second kappa shape index (κ2) is 9.82. The van der Waals surface area contributed by atoms with Crippen LogP contribution in [0.5, 0.6) is 0 Å². The number of nitrogens with zero attached hydrogens (tertiary/aromatic N) is 2. The first-order valence-corrected chi connectivity index (χ1v) is 12.2. The molecule has 1 heterocycles. The largest absolute Gasteiger partial charge is 0.309 e. The molecule has 170 valence electrons. The molecule has 1 amide bonds. The summed E-state index contributed by atoms with van der Waals surface area (Å²) in [5.41, 5.74) is 5.82. The zero-order valence-corrected chi connectivity index (χ0v) is 18.9. The Morgan fingerprint density at radius 1 is 1.03 bits per heavy atom. The van der Waals surface area contributed by atoms with E-state index in [9.17, 15) is 9.18 Å². The molecule has 33 heavy (non-hydrogen) atoms. The summed E-state index contributed by atoms with van der Waals surface area (Å²) in [5, 5.41) is 3.08. The Hall–Kier alpha value is -3.08. The maximum absolute atomic E-state index is 13.8. The smallest absolute Gasteiger partial charge is 0.225 e. The van der Waals surface area contributed by atoms with Crippen molar-refractivity contribution in [3.63, 3.8) is 0 Å². The van der Waals surface area contributed by atoms with Crippen LogP contribution >= 0.6 is 0 Å². The van der Waals surface area contributed by atoms with Crippen LogP contribution in [-0.2, 0) is 30.5 Å². The Bertz CT molecular complexity index is 1140. The van der Waals surface area contributed by atoms with Crippen LogP contribution in [0.2, 0.25) is 0 Å². The highest BCUT2D eigenvalue weighted by molar-refractivity contribution is 5.90. The quantitative estimate of drug-likeness (QED) is 0.482. The molecule has 0 saturated heterocycles. The topological polar surface area (TPSA) is 54.9 Å². The molecule has 2 aliphatic carbocycles. The maximum atomic E-state index is 13.8. The normalized spacial score (nSPS) is 15.2. The number of carbonyl (C=O) groups excluding carboxylic acids is 1. The Morgan fingerprint density at radius 3 is 2.67 bits per heavy atom. The van der Waals surface area contributed by atoms with Gasteiger partial charge in [0.1, 0.15) is 5.82 Å². The lowest BCUT2D eigenvalue weighted by Gasteiger charge is -2.22. The van der Waals surface area contributed by atoms with Gasteiger partial charge in [0.05, 0.1) is 17.1 Å². The predicted molar refractivity (Wildman–Crippen MR) is 129 cm³/mol. The standard InChI is InChI=1S/C28H30FN3O/c29-22-14-15-23-21(18-22)13-16-24-27(23)30-25(17-20-9-4-5-10-20)28(31-24)32-26(33)12-6-11-19-7-2-1-3-8-19/h1-3,7-8,14-15,18,20H,4-6,9-13,16-17H2,(H,31,32,33). The van der Waals surface area contributed by atoms with Crippen molar-refractivity contribution in [1.29, 1.82) is 0 Å². The van der Waals surface area contributed by atoms with Crippen LogP contribution in [0.1, 0.15) is 61.0 Å². The van der Waals surface area contributed by atoms with Crippen molar-refractivity contribution in [3.05, 3.63) is 76.9 Å². The molecule has 2 aromatic carbocycles. The van der Waals surface area contributed by atoms with Gasteiger partial charge in [-0.2, -0.15) is 0 Å². The minimum atomic E-state index is -0.212. The second-order valence-electron chi connectivity index (χ2n) is 9.36. The van der Waals surface area contributed by atoms with E-state index in [0.29, 0.717) is 24.6 Å². The van der Waals surface area contributed by atoms with E-state index in [1.54, 1.807) is 6.07 Å². The zero-order valence-electron chi connectivity index (χ0n) is 18.9. The van der Waals surface area contributed by atoms with Crippen LogP contribution in [0.15, 0.2) is 48.5 Å². The third-order valence-electron chi connectivity index (χ3n) is 6.92. The first-order chi connectivity index (χ1) is 16.2. The number of carbonyl (C=O) groups is 1. The highest BCUT2D eigenvalue weighted by Gasteiger charge is 2.25. The molecule has 1 fully saturated rings. The number of benzene rings is 2. The first kappa shape index (κ1) is 21.7. The van der Waals surface area contributed by atoms with Gasteiger partial charge >= 0.3 is 0 Å². The molecule has 2 aliphatic rings. The lowest BCUT2D eigenvalue weighted by molar-refractivity contribution is -0.116. The van der Waals surface area contributed by atoms with Gasteiger partial charge in [-0.15, -0.1) is 0 Å². The monoisotopic (exact) mass is 443 g/mol. The molecule has 0 atom stereocenters. The minimum absolute atomic E-state index is 0.00821. The fraction of sp³-hybridized carbons (Fsp3) is 0.393. The van der Waals surface area contributed by atoms with Crippen molar-refractivity contribution in [3.8, 4) is 11.3 Å². The van der Waals surface area contributed by atoms with Crippen LogP contribution in [0.3, 0.4) is 0 Å². The highest BCUT2D eigenvalue weighted by Crippen LogP contribution is 2.35. The fourth-order valence-electron chi connectivity index (χ4n) is 5.17. The summed E-state index contributed by atoms with van der Waals surface area (Å²) < 4.78 is 13.8. The van der Waals surface area contributed by atoms with Gasteiger partial charge in [-0.05, 0) is 67.3 Å². The summed E-state index contributed by atoms with van der Waals surface area (Å²) in [7, 11) is 0. The Morgan fingerprint density at radius 2 is 1.85 bits per heavy atom. The number of hydrogen-bond acceptors (Lipinski definition) is 3. The van der Waals surface area contributed by atoms with Crippen LogP contribution in [-0.4, -0.2) is 15.9 Å². The SMILES string of the molecule is O=C(CCCc1ccccc1)Nc1nc2c(nc1CC1CCCC1)-c1ccc(F)cc1CC2. The predicted octanol–water partition coefficient (Wildman–Crippen LogP) is 6.08. The van der Waals surface area contributed by atoms with Crippen molar-refractivity contribution in [2.45, 2.75) is 64.2 Å². The average Bonchev–Trinajstić information content (AvgIpc) is 3.33. The van der Waals surface area contributed by atoms with Gasteiger partial charge in [0.25, 0.3) is 0 Å². The number of nitrogens with one attached hydrogen (secondary N) is 1. The molecule has 1 saturated carbocycles. The van der Waals surface area contributed by atoms with Gasteiger partial charge < -0.3 is 5.32 Å². The van der Waals surface area contributed by atoms with Gasteiger partial charge in [0, 0.05) is 12.0 Å². The van der Waals surface area contributed by atoms with Crippen LogP contribution < -0.4 is 5.32 Å². The number of hydrogen-bond donors (Lipinski definition) is 1. The minimum Gasteiger partial charge on any atom is -0.309 e. The molecule has 5 heteroatoms. The summed E-state index contributed by atoms with van der Waals surface area (Å²) in [5.74, 6) is 0.986. The van der Waals surface area contributed by atoms with Gasteiger partial charge in [-0.25, -0.2) is 14.4 Å². The number of amides is 1. The Labute approximate surface area is 194 Å². The summed E-state index contributed by atoms with van der Waals surface area (Å²) in [6.07, 6.45) is 9.32.